The number of rotatable bonds is 1. The molecule has 4 bridgehead atoms. The minimum Gasteiger partial charge on any atom is -0.299 e. The average molecular weight is 397 g/mol. The molecule has 148 valence electrons. The number of hydrogen-bond donors (Lipinski definition) is 0. The van der Waals surface area contributed by atoms with Crippen molar-refractivity contribution in [1.29, 1.82) is 0 Å². The Bertz CT molecular complexity index is 1340. The summed E-state index contributed by atoms with van der Waals surface area (Å²) >= 11 is 0. The van der Waals surface area contributed by atoms with E-state index in [1.54, 1.807) is 21.5 Å². The summed E-state index contributed by atoms with van der Waals surface area (Å²) in [7, 11) is 0. The van der Waals surface area contributed by atoms with E-state index in [0.717, 1.165) is 6.42 Å². The first-order chi connectivity index (χ1) is 14.6. The van der Waals surface area contributed by atoms with Crippen molar-refractivity contribution in [3.8, 4) is 5.69 Å². The lowest BCUT2D eigenvalue weighted by Gasteiger charge is -2.72. The number of Topliss-reactive ketones (excluding diaryl/α,β-unsaturated/α-hetero) is 1. The van der Waals surface area contributed by atoms with Crippen molar-refractivity contribution in [1.82, 2.24) is 13.9 Å². The number of allylic oxidation sites excluding steroid dienone is 3. The van der Waals surface area contributed by atoms with Crippen LogP contribution in [0.15, 0.2) is 64.2 Å². The van der Waals surface area contributed by atoms with Gasteiger partial charge in [-0.2, -0.15) is 0 Å². The van der Waals surface area contributed by atoms with Crippen molar-refractivity contribution >= 4 is 5.78 Å². The first kappa shape index (κ1) is 15.0. The third kappa shape index (κ3) is 0.963. The second-order valence-corrected chi connectivity index (χ2v) is 10.5. The van der Waals surface area contributed by atoms with Gasteiger partial charge in [0.05, 0.1) is 23.2 Å². The van der Waals surface area contributed by atoms with Gasteiger partial charge in [0.2, 0.25) is 0 Å². The van der Waals surface area contributed by atoms with Crippen molar-refractivity contribution in [3.63, 3.8) is 0 Å². The number of hydrogen-bond acceptors (Lipinski definition) is 3. The molecule has 3 heterocycles. The molecule has 0 radical (unpaired) electrons. The highest BCUT2D eigenvalue weighted by Crippen LogP contribution is 2.97. The summed E-state index contributed by atoms with van der Waals surface area (Å²) in [5.74, 6) is 2.63. The average Bonchev–Trinajstić information content (AvgIpc) is 3.38. The fourth-order valence-electron chi connectivity index (χ4n) is 10.4. The molecule has 8 unspecified atom stereocenters. The minimum atomic E-state index is -0.551. The normalized spacial score (nSPS) is 51.1. The molecule has 2 aliphatic heterocycles. The van der Waals surface area contributed by atoms with Crippen LogP contribution in [0.5, 0.6) is 0 Å². The topological polar surface area (TPSA) is 66.0 Å². The van der Waals surface area contributed by atoms with Crippen molar-refractivity contribution < 1.29 is 4.79 Å². The van der Waals surface area contributed by atoms with E-state index in [0.29, 0.717) is 41.1 Å². The van der Waals surface area contributed by atoms with E-state index in [2.05, 4.69) is 18.7 Å². The van der Waals surface area contributed by atoms with Crippen molar-refractivity contribution in [2.75, 3.05) is 0 Å². The SMILES string of the molecule is C=C1C2C3CC4C2C(=O)C25C4C3C12[C@@H]1C=C[C@H]5n2c(=O)n(-c3ccccc3)c(=O)n21. The summed E-state index contributed by atoms with van der Waals surface area (Å²) < 4.78 is 4.57. The molecule has 6 nitrogen and oxygen atoms in total. The molecule has 6 aliphatic carbocycles. The quantitative estimate of drug-likeness (QED) is 0.689. The third-order valence-electron chi connectivity index (χ3n) is 10.5. The van der Waals surface area contributed by atoms with Crippen LogP contribution in [0.2, 0.25) is 0 Å². The van der Waals surface area contributed by atoms with Crippen LogP contribution in [-0.4, -0.2) is 19.7 Å². The summed E-state index contributed by atoms with van der Waals surface area (Å²) in [5, 5.41) is 0. The molecule has 0 N–H and O–H groups in total. The van der Waals surface area contributed by atoms with Crippen LogP contribution in [0.3, 0.4) is 0 Å². The monoisotopic (exact) mass is 397 g/mol. The zero-order chi connectivity index (χ0) is 19.9. The molecular formula is C24H19N3O3. The van der Waals surface area contributed by atoms with E-state index in [1.807, 2.05) is 18.2 Å². The maximum atomic E-state index is 14.0. The summed E-state index contributed by atoms with van der Waals surface area (Å²) in [6.45, 7) is 4.59. The third-order valence-corrected chi connectivity index (χ3v) is 10.5. The van der Waals surface area contributed by atoms with E-state index in [-0.39, 0.29) is 34.8 Å². The predicted molar refractivity (Wildman–Crippen MR) is 106 cm³/mol. The van der Waals surface area contributed by atoms with Gasteiger partial charge in [-0.25, -0.2) is 23.5 Å². The van der Waals surface area contributed by atoms with Gasteiger partial charge >= 0.3 is 11.4 Å². The summed E-state index contributed by atoms with van der Waals surface area (Å²) in [6.07, 6.45) is 5.29. The maximum Gasteiger partial charge on any atom is 0.352 e. The Hall–Kier alpha value is -2.89. The van der Waals surface area contributed by atoms with E-state index >= 15 is 0 Å². The smallest absolute Gasteiger partial charge is 0.299 e. The molecule has 1 aromatic carbocycles. The molecule has 6 heteroatoms. The molecular weight excluding hydrogens is 378 g/mol. The molecule has 2 aromatic rings. The molecule has 0 saturated heterocycles. The van der Waals surface area contributed by atoms with E-state index in [4.69, 9.17) is 0 Å². The molecule has 2 spiro atoms. The molecule has 8 aliphatic rings. The van der Waals surface area contributed by atoms with Crippen molar-refractivity contribution in [2.24, 2.45) is 46.3 Å². The highest BCUT2D eigenvalue weighted by Gasteiger charge is 2.98. The number of aromatic nitrogens is 3. The lowest BCUT2D eigenvalue weighted by atomic mass is 9.32. The van der Waals surface area contributed by atoms with Gasteiger partial charge in [0.15, 0.2) is 0 Å². The molecule has 10 atom stereocenters. The number of benzene rings is 1. The molecule has 30 heavy (non-hydrogen) atoms. The molecule has 1 aromatic heterocycles. The van der Waals surface area contributed by atoms with Crippen LogP contribution in [0.25, 0.3) is 5.69 Å². The predicted octanol–water partition coefficient (Wildman–Crippen LogP) is 1.72. The second-order valence-electron chi connectivity index (χ2n) is 10.5. The number of ketones is 1. The Kier molecular flexibility index (Phi) is 1.94. The van der Waals surface area contributed by atoms with Crippen LogP contribution >= 0.6 is 0 Å². The molecule has 5 saturated carbocycles. The number of para-hydroxylation sites is 1. The van der Waals surface area contributed by atoms with Crippen molar-refractivity contribution in [2.45, 2.75) is 18.5 Å². The second kappa shape index (κ2) is 3.88. The van der Waals surface area contributed by atoms with Crippen LogP contribution in [0, 0.1) is 46.3 Å². The number of carbonyl (C=O) groups is 1. The van der Waals surface area contributed by atoms with Gasteiger partial charge in [0.1, 0.15) is 5.78 Å². The Morgan fingerprint density at radius 2 is 1.43 bits per heavy atom. The summed E-state index contributed by atoms with van der Waals surface area (Å²) in [4.78, 5) is 41.2. The number of nitrogens with zero attached hydrogens (tertiary/aromatic N) is 3. The van der Waals surface area contributed by atoms with E-state index < -0.39 is 5.41 Å². The molecule has 10 rings (SSSR count). The number of fused-ring (bicyclic) bond motifs is 1. The maximum absolute atomic E-state index is 14.0. The largest absolute Gasteiger partial charge is 0.352 e. The molecule has 0 amide bonds. The minimum absolute atomic E-state index is 0.110. The van der Waals surface area contributed by atoms with Crippen LogP contribution in [-0.2, 0) is 4.79 Å². The first-order valence-corrected chi connectivity index (χ1v) is 11.0. The van der Waals surface area contributed by atoms with E-state index in [1.165, 1.54) is 10.1 Å². The zero-order valence-electron chi connectivity index (χ0n) is 16.1. The van der Waals surface area contributed by atoms with Crippen LogP contribution in [0.1, 0.15) is 18.5 Å². The van der Waals surface area contributed by atoms with Gasteiger partial charge in [0.25, 0.3) is 0 Å². The first-order valence-electron chi connectivity index (χ1n) is 11.0. The number of carbonyl (C=O) groups excluding carboxylic acids is 1. The summed E-state index contributed by atoms with van der Waals surface area (Å²) in [6, 6.07) is 8.46. The Morgan fingerprint density at radius 1 is 0.833 bits per heavy atom. The lowest BCUT2D eigenvalue weighted by molar-refractivity contribution is -0.222. The van der Waals surface area contributed by atoms with Gasteiger partial charge in [-0.05, 0) is 48.1 Å². The van der Waals surface area contributed by atoms with Crippen molar-refractivity contribution in [3.05, 3.63) is 75.6 Å². The highest BCUT2D eigenvalue weighted by molar-refractivity contribution is 5.99. The van der Waals surface area contributed by atoms with Crippen LogP contribution in [0.4, 0.5) is 0 Å². The Balaban J connectivity index is 1.42. The van der Waals surface area contributed by atoms with Crippen LogP contribution < -0.4 is 11.4 Å². The fraction of sp³-hybridized carbons (Fsp3) is 0.458. The standard InChI is InChI=1S/C24H19N3O3/c1-10-16-12-9-13-17(16)20(28)24-15-8-7-14(23(10,24)18(12)19(13)24)26-21(29)25(22(30)27(15)26)11-5-3-2-4-6-11/h2-8,12-19H,1,9H2/t12?,13?,14-,15+,16?,17?,18?,19?,23?,24?/m0/s1. The fourth-order valence-corrected chi connectivity index (χ4v) is 10.4. The Morgan fingerprint density at radius 3 is 2.13 bits per heavy atom. The van der Waals surface area contributed by atoms with Gasteiger partial charge in [-0.3, -0.25) is 4.79 Å². The molecule has 5 fully saturated rings. The lowest BCUT2D eigenvalue weighted by Crippen LogP contribution is -2.76. The van der Waals surface area contributed by atoms with Gasteiger partial charge in [-0.15, -0.1) is 0 Å². The van der Waals surface area contributed by atoms with Gasteiger partial charge in [0, 0.05) is 11.3 Å². The van der Waals surface area contributed by atoms with Gasteiger partial charge in [-0.1, -0.05) is 42.5 Å². The zero-order valence-corrected chi connectivity index (χ0v) is 16.1. The van der Waals surface area contributed by atoms with E-state index in [9.17, 15) is 14.4 Å². The summed E-state index contributed by atoms with van der Waals surface area (Å²) in [5.41, 5.74) is 0.253. The Labute approximate surface area is 171 Å². The highest BCUT2D eigenvalue weighted by atomic mass is 16.2. The van der Waals surface area contributed by atoms with Gasteiger partial charge < -0.3 is 0 Å².